The molecule has 0 aliphatic rings. The van der Waals surface area contributed by atoms with Crippen LogP contribution in [0.2, 0.25) is 0 Å². The molecule has 1 unspecified atom stereocenters. The molecule has 7 nitrogen and oxygen atoms in total. The van der Waals surface area contributed by atoms with Crippen molar-refractivity contribution in [2.24, 2.45) is 0 Å². The lowest BCUT2D eigenvalue weighted by Crippen LogP contribution is -2.21. The highest BCUT2D eigenvalue weighted by Gasteiger charge is 2.13. The molecule has 0 aliphatic carbocycles. The number of benzene rings is 3. The number of Topliss-reactive ketones (excluding diaryl/α,β-unsaturated/α-hetero) is 1. The maximum Gasteiger partial charge on any atom is 0.152 e. The number of carbonyl (C=O) groups is 1. The van der Waals surface area contributed by atoms with E-state index in [-0.39, 0.29) is 5.78 Å². The summed E-state index contributed by atoms with van der Waals surface area (Å²) in [6.07, 6.45) is 2.46. The zero-order valence-corrected chi connectivity index (χ0v) is 23.9. The van der Waals surface area contributed by atoms with Crippen molar-refractivity contribution < 1.29 is 13.7 Å². The quantitative estimate of drug-likeness (QED) is 0.238. The van der Waals surface area contributed by atoms with Crippen LogP contribution in [-0.2, 0) is 28.4 Å². The fourth-order valence-electron chi connectivity index (χ4n) is 4.35. The van der Waals surface area contributed by atoms with Crippen LogP contribution in [0.1, 0.15) is 29.7 Å². The highest BCUT2D eigenvalue weighted by Crippen LogP contribution is 2.27. The lowest BCUT2D eigenvalue weighted by atomic mass is 10.1. The normalized spacial score (nSPS) is 12.0. The van der Waals surface area contributed by atoms with Crippen LogP contribution in [0.15, 0.2) is 71.6 Å². The molecule has 3 aromatic carbocycles. The van der Waals surface area contributed by atoms with Crippen LogP contribution in [-0.4, -0.2) is 58.4 Å². The van der Waals surface area contributed by atoms with Crippen molar-refractivity contribution in [2.75, 3.05) is 38.8 Å². The van der Waals surface area contributed by atoms with Crippen molar-refractivity contribution in [3.63, 3.8) is 0 Å². The molecule has 0 fully saturated rings. The number of likely N-dealkylation sites (N-methyl/N-ethyl adjacent to an activating group) is 1. The van der Waals surface area contributed by atoms with Crippen molar-refractivity contribution in [1.82, 2.24) is 14.9 Å². The average Bonchev–Trinajstić information content (AvgIpc) is 2.93. The Kier molecular flexibility index (Phi) is 9.79. The van der Waals surface area contributed by atoms with Crippen molar-refractivity contribution in [1.29, 1.82) is 0 Å². The second-order valence-electron chi connectivity index (χ2n) is 9.89. The lowest BCUT2D eigenvalue weighted by Gasteiger charge is -2.14. The zero-order chi connectivity index (χ0) is 27.8. The van der Waals surface area contributed by atoms with Crippen LogP contribution in [0.25, 0.3) is 11.0 Å². The molecule has 1 aromatic heterocycles. The van der Waals surface area contributed by atoms with Crippen LogP contribution < -0.4 is 10.1 Å². The summed E-state index contributed by atoms with van der Waals surface area (Å²) < 4.78 is 18.5. The van der Waals surface area contributed by atoms with Crippen molar-refractivity contribution in [3.05, 3.63) is 83.6 Å². The number of aryl methyl sites for hydroxylation is 3. The summed E-state index contributed by atoms with van der Waals surface area (Å²) in [6.45, 7) is 2.48. The van der Waals surface area contributed by atoms with Gasteiger partial charge in [-0.05, 0) is 81.7 Å². The molecule has 0 amide bonds. The van der Waals surface area contributed by atoms with Crippen LogP contribution in [0.3, 0.4) is 0 Å². The lowest BCUT2D eigenvalue weighted by molar-refractivity contribution is -0.119. The molecule has 0 aliphatic heterocycles. The van der Waals surface area contributed by atoms with E-state index in [2.05, 4.69) is 5.32 Å². The van der Waals surface area contributed by atoms with Gasteiger partial charge in [0.2, 0.25) is 0 Å². The van der Waals surface area contributed by atoms with Gasteiger partial charge in [-0.25, -0.2) is 9.97 Å². The number of para-hydroxylation sites is 2. The van der Waals surface area contributed by atoms with Crippen molar-refractivity contribution in [3.8, 4) is 5.75 Å². The van der Waals surface area contributed by atoms with Gasteiger partial charge in [0.15, 0.2) is 5.82 Å². The molecule has 0 radical (unpaired) electrons. The Labute approximate surface area is 233 Å². The first-order valence-electron chi connectivity index (χ1n) is 13.1. The van der Waals surface area contributed by atoms with Crippen molar-refractivity contribution >= 4 is 39.1 Å². The molecule has 0 saturated carbocycles. The SMILES string of the molecule is COc1ccc(C)c(Nc2nc3ccccc3nc2CCCS(=O)c2cccc(CCC(=O)CN(C)C)c2)c1. The molecule has 0 bridgehead atoms. The maximum absolute atomic E-state index is 13.1. The summed E-state index contributed by atoms with van der Waals surface area (Å²) in [5, 5.41) is 3.46. The third-order valence-electron chi connectivity index (χ3n) is 6.43. The largest absolute Gasteiger partial charge is 0.497 e. The van der Waals surface area contributed by atoms with Gasteiger partial charge in [-0.15, -0.1) is 0 Å². The number of hydrogen-bond acceptors (Lipinski definition) is 7. The van der Waals surface area contributed by atoms with Gasteiger partial charge in [-0.2, -0.15) is 0 Å². The van der Waals surface area contributed by atoms with E-state index >= 15 is 0 Å². The minimum atomic E-state index is -1.15. The summed E-state index contributed by atoms with van der Waals surface area (Å²) in [7, 11) is 4.29. The zero-order valence-electron chi connectivity index (χ0n) is 23.1. The Bertz CT molecular complexity index is 1470. The standard InChI is InChI=1S/C31H36N4O3S/c1-22-14-17-25(38-4)20-30(22)34-31-29(32-27-11-5-6-12-28(27)33-31)13-8-18-39(37)26-10-7-9-23(19-26)15-16-24(36)21-35(2)3/h5-7,9-12,14,17,19-20H,8,13,15-16,18,21H2,1-4H3,(H,33,34). The molecule has 4 rings (SSSR count). The first-order valence-corrected chi connectivity index (χ1v) is 14.5. The Balaban J connectivity index is 1.45. The fraction of sp³-hybridized carbons (Fsp3) is 0.323. The Morgan fingerprint density at radius 3 is 2.49 bits per heavy atom. The molecule has 0 saturated heterocycles. The van der Waals surface area contributed by atoms with E-state index < -0.39 is 10.8 Å². The van der Waals surface area contributed by atoms with Gasteiger partial charge in [0.1, 0.15) is 11.5 Å². The topological polar surface area (TPSA) is 84.4 Å². The van der Waals surface area contributed by atoms with Gasteiger partial charge < -0.3 is 15.0 Å². The van der Waals surface area contributed by atoms with Crippen LogP contribution in [0.4, 0.5) is 11.5 Å². The van der Waals surface area contributed by atoms with E-state index in [9.17, 15) is 9.00 Å². The van der Waals surface area contributed by atoms with E-state index in [1.807, 2.05) is 92.6 Å². The number of ether oxygens (including phenoxy) is 1. The number of anilines is 2. The smallest absolute Gasteiger partial charge is 0.152 e. The van der Waals surface area contributed by atoms with Gasteiger partial charge in [0.25, 0.3) is 0 Å². The highest BCUT2D eigenvalue weighted by molar-refractivity contribution is 7.85. The third-order valence-corrected chi connectivity index (χ3v) is 7.87. The summed E-state index contributed by atoms with van der Waals surface area (Å²) >= 11 is 0. The number of fused-ring (bicyclic) bond motifs is 1. The Hall–Kier alpha value is -3.62. The molecule has 4 aromatic rings. The van der Waals surface area contributed by atoms with E-state index in [0.717, 1.165) is 44.2 Å². The third kappa shape index (κ3) is 7.94. The molecule has 0 spiro atoms. The van der Waals surface area contributed by atoms with Gasteiger partial charge in [0.05, 0.1) is 41.2 Å². The monoisotopic (exact) mass is 544 g/mol. The maximum atomic E-state index is 13.1. The molecular formula is C31H36N4O3S. The van der Waals surface area contributed by atoms with Gasteiger partial charge >= 0.3 is 0 Å². The van der Waals surface area contributed by atoms with Crippen LogP contribution >= 0.6 is 0 Å². The molecule has 204 valence electrons. The summed E-state index contributed by atoms with van der Waals surface area (Å²) in [4.78, 5) is 24.5. The number of nitrogens with one attached hydrogen (secondary N) is 1. The molecule has 1 atom stereocenters. The number of nitrogens with zero attached hydrogens (tertiary/aromatic N) is 3. The van der Waals surface area contributed by atoms with Crippen LogP contribution in [0, 0.1) is 6.92 Å². The van der Waals surface area contributed by atoms with Gasteiger partial charge in [-0.3, -0.25) is 9.00 Å². The van der Waals surface area contributed by atoms with E-state index in [1.165, 1.54) is 0 Å². The summed E-state index contributed by atoms with van der Waals surface area (Å²) in [6, 6.07) is 21.5. The highest BCUT2D eigenvalue weighted by atomic mass is 32.2. The molecule has 1 N–H and O–H groups in total. The first kappa shape index (κ1) is 28.4. The average molecular weight is 545 g/mol. The summed E-state index contributed by atoms with van der Waals surface area (Å²) in [5.74, 6) is 2.17. The molecule has 39 heavy (non-hydrogen) atoms. The van der Waals surface area contributed by atoms with E-state index in [1.54, 1.807) is 7.11 Å². The predicted octanol–water partition coefficient (Wildman–Crippen LogP) is 5.49. The molecule has 1 heterocycles. The number of hydrogen-bond donors (Lipinski definition) is 1. The number of methoxy groups -OCH3 is 1. The fourth-order valence-corrected chi connectivity index (χ4v) is 5.50. The number of carbonyl (C=O) groups excluding carboxylic acids is 1. The summed E-state index contributed by atoms with van der Waals surface area (Å²) in [5.41, 5.74) is 5.49. The second-order valence-corrected chi connectivity index (χ2v) is 11.5. The minimum absolute atomic E-state index is 0.205. The number of ketones is 1. The predicted molar refractivity (Wildman–Crippen MR) is 158 cm³/mol. The molecule has 8 heteroatoms. The number of aromatic nitrogens is 2. The van der Waals surface area contributed by atoms with Gasteiger partial charge in [-0.1, -0.05) is 30.3 Å². The number of rotatable bonds is 13. The van der Waals surface area contributed by atoms with Gasteiger partial charge in [0, 0.05) is 28.8 Å². The minimum Gasteiger partial charge on any atom is -0.497 e. The van der Waals surface area contributed by atoms with E-state index in [0.29, 0.717) is 43.8 Å². The second kappa shape index (κ2) is 13.4. The Morgan fingerprint density at radius 1 is 0.974 bits per heavy atom. The van der Waals surface area contributed by atoms with Crippen LogP contribution in [0.5, 0.6) is 5.75 Å². The van der Waals surface area contributed by atoms with E-state index in [4.69, 9.17) is 14.7 Å². The van der Waals surface area contributed by atoms with Crippen molar-refractivity contribution in [2.45, 2.75) is 37.5 Å². The molecular weight excluding hydrogens is 508 g/mol. The Morgan fingerprint density at radius 2 is 1.74 bits per heavy atom. The first-order chi connectivity index (χ1) is 18.8.